The van der Waals surface area contributed by atoms with E-state index in [9.17, 15) is 4.79 Å². The summed E-state index contributed by atoms with van der Waals surface area (Å²) in [6, 6.07) is 12.5. The van der Waals surface area contributed by atoms with Gasteiger partial charge in [-0.25, -0.2) is 4.98 Å². The molecular weight excluding hydrogens is 409 g/mol. The molecule has 0 atom stereocenters. The van der Waals surface area contributed by atoms with Gasteiger partial charge in [0.25, 0.3) is 5.91 Å². The number of aryl methyl sites for hydroxylation is 1. The zero-order chi connectivity index (χ0) is 18.7. The fourth-order valence-electron chi connectivity index (χ4n) is 2.16. The summed E-state index contributed by atoms with van der Waals surface area (Å²) in [5.74, 6) is -0.278. The molecule has 2 aromatic carbocycles. The first-order chi connectivity index (χ1) is 12.4. The van der Waals surface area contributed by atoms with Gasteiger partial charge in [-0.3, -0.25) is 10.1 Å². The highest BCUT2D eigenvalue weighted by atomic mass is 35.5. The van der Waals surface area contributed by atoms with Crippen LogP contribution in [-0.2, 0) is 0 Å². The van der Waals surface area contributed by atoms with E-state index in [0.29, 0.717) is 26.4 Å². The summed E-state index contributed by atoms with van der Waals surface area (Å²) in [4.78, 5) is 16.6. The van der Waals surface area contributed by atoms with Gasteiger partial charge in [-0.1, -0.05) is 40.9 Å². The topological polar surface area (TPSA) is 54.0 Å². The van der Waals surface area contributed by atoms with Crippen LogP contribution in [0.15, 0.2) is 47.8 Å². The molecule has 1 aromatic heterocycles. The molecule has 26 heavy (non-hydrogen) atoms. The molecular formula is C18H13Cl2N3OS2. The predicted molar refractivity (Wildman–Crippen MR) is 112 cm³/mol. The molecule has 1 heterocycles. The lowest BCUT2D eigenvalue weighted by atomic mass is 10.1. The monoisotopic (exact) mass is 421 g/mol. The molecule has 0 aliphatic carbocycles. The van der Waals surface area contributed by atoms with Gasteiger partial charge < -0.3 is 5.32 Å². The first-order valence-electron chi connectivity index (χ1n) is 7.52. The number of anilines is 1. The second kappa shape index (κ2) is 8.14. The van der Waals surface area contributed by atoms with E-state index in [0.717, 1.165) is 11.1 Å². The standard InChI is InChI=1S/C18H13Cl2N3OS2/c1-10-2-4-11(5-3-10)16(24)22-17(25)23-18-21-15(9-26-18)13-7-6-12(19)8-14(13)20/h2-9H,1H3,(H2,21,22,23,24,25). The Labute approximate surface area is 170 Å². The molecule has 0 fully saturated rings. The minimum atomic E-state index is -0.278. The SMILES string of the molecule is Cc1ccc(C(=O)NC(=S)Nc2nc(-c3ccc(Cl)cc3Cl)cs2)cc1. The van der Waals surface area contributed by atoms with Crippen LogP contribution in [0.3, 0.4) is 0 Å². The Bertz CT molecular complexity index is 971. The third-order valence-corrected chi connectivity index (χ3v) is 4.98. The molecule has 132 valence electrons. The summed E-state index contributed by atoms with van der Waals surface area (Å²) in [5.41, 5.74) is 3.09. The number of nitrogens with one attached hydrogen (secondary N) is 2. The lowest BCUT2D eigenvalue weighted by Crippen LogP contribution is -2.34. The normalized spacial score (nSPS) is 10.4. The summed E-state index contributed by atoms with van der Waals surface area (Å²) in [7, 11) is 0. The molecule has 0 spiro atoms. The van der Waals surface area contributed by atoms with Gasteiger partial charge in [0, 0.05) is 21.5 Å². The highest BCUT2D eigenvalue weighted by Gasteiger charge is 2.12. The van der Waals surface area contributed by atoms with Crippen LogP contribution in [-0.4, -0.2) is 16.0 Å². The molecule has 0 saturated carbocycles. The fraction of sp³-hybridized carbons (Fsp3) is 0.0556. The number of halogens is 2. The highest BCUT2D eigenvalue weighted by molar-refractivity contribution is 7.80. The second-order valence-electron chi connectivity index (χ2n) is 5.44. The molecule has 0 unspecified atom stereocenters. The van der Waals surface area contributed by atoms with Gasteiger partial charge in [0.2, 0.25) is 0 Å². The molecule has 3 aromatic rings. The van der Waals surface area contributed by atoms with Crippen LogP contribution in [0.4, 0.5) is 5.13 Å². The van der Waals surface area contributed by atoms with Crippen LogP contribution in [0, 0.1) is 6.92 Å². The Balaban J connectivity index is 1.66. The molecule has 0 bridgehead atoms. The Morgan fingerprint density at radius 2 is 1.88 bits per heavy atom. The van der Waals surface area contributed by atoms with Gasteiger partial charge in [0.15, 0.2) is 10.2 Å². The van der Waals surface area contributed by atoms with Crippen LogP contribution in [0.1, 0.15) is 15.9 Å². The number of thiocarbonyl (C=S) groups is 1. The van der Waals surface area contributed by atoms with Crippen molar-refractivity contribution in [3.8, 4) is 11.3 Å². The highest BCUT2D eigenvalue weighted by Crippen LogP contribution is 2.32. The maximum atomic E-state index is 12.2. The number of thiazole rings is 1. The largest absolute Gasteiger partial charge is 0.308 e. The molecule has 0 saturated heterocycles. The average Bonchev–Trinajstić information content (AvgIpc) is 3.03. The number of aromatic nitrogens is 1. The Morgan fingerprint density at radius 1 is 1.15 bits per heavy atom. The molecule has 0 aliphatic rings. The Morgan fingerprint density at radius 3 is 2.58 bits per heavy atom. The minimum absolute atomic E-state index is 0.179. The predicted octanol–water partition coefficient (Wildman–Crippen LogP) is 5.55. The summed E-state index contributed by atoms with van der Waals surface area (Å²) in [6.07, 6.45) is 0. The van der Waals surface area contributed by atoms with E-state index < -0.39 is 0 Å². The number of carbonyl (C=O) groups is 1. The number of amides is 1. The van der Waals surface area contributed by atoms with Gasteiger partial charge >= 0.3 is 0 Å². The fourth-order valence-corrected chi connectivity index (χ4v) is 3.63. The van der Waals surface area contributed by atoms with Crippen LogP contribution in [0.2, 0.25) is 10.0 Å². The molecule has 2 N–H and O–H groups in total. The smallest absolute Gasteiger partial charge is 0.257 e. The van der Waals surface area contributed by atoms with Crippen molar-refractivity contribution in [1.29, 1.82) is 0 Å². The first-order valence-corrected chi connectivity index (χ1v) is 9.57. The maximum Gasteiger partial charge on any atom is 0.257 e. The van der Waals surface area contributed by atoms with Crippen LogP contribution in [0.5, 0.6) is 0 Å². The van der Waals surface area contributed by atoms with Gasteiger partial charge in [-0.05, 0) is 49.5 Å². The third kappa shape index (κ3) is 4.59. The van der Waals surface area contributed by atoms with Crippen LogP contribution in [0.25, 0.3) is 11.3 Å². The molecule has 8 heteroatoms. The second-order valence-corrected chi connectivity index (χ2v) is 7.55. The molecule has 1 amide bonds. The Kier molecular flexibility index (Phi) is 5.88. The number of hydrogen-bond donors (Lipinski definition) is 2. The van der Waals surface area contributed by atoms with Crippen molar-refractivity contribution in [3.63, 3.8) is 0 Å². The van der Waals surface area contributed by atoms with Crippen LogP contribution >= 0.6 is 46.8 Å². The van der Waals surface area contributed by atoms with Crippen molar-refractivity contribution in [2.24, 2.45) is 0 Å². The van der Waals surface area contributed by atoms with Crippen LogP contribution < -0.4 is 10.6 Å². The van der Waals surface area contributed by atoms with Crippen molar-refractivity contribution < 1.29 is 4.79 Å². The number of rotatable bonds is 3. The quantitative estimate of drug-likeness (QED) is 0.544. The first kappa shape index (κ1) is 18.8. The van der Waals surface area contributed by atoms with Crippen molar-refractivity contribution >= 4 is 62.9 Å². The zero-order valence-corrected chi connectivity index (χ0v) is 16.7. The van der Waals surface area contributed by atoms with Crippen molar-refractivity contribution in [3.05, 3.63) is 69.0 Å². The molecule has 0 radical (unpaired) electrons. The van der Waals surface area contributed by atoms with E-state index in [4.69, 9.17) is 35.4 Å². The summed E-state index contributed by atoms with van der Waals surface area (Å²) in [6.45, 7) is 1.96. The van der Waals surface area contributed by atoms with Crippen molar-refractivity contribution in [2.45, 2.75) is 6.92 Å². The average molecular weight is 422 g/mol. The van der Waals surface area contributed by atoms with E-state index in [-0.39, 0.29) is 11.0 Å². The summed E-state index contributed by atoms with van der Waals surface area (Å²) < 4.78 is 0. The number of carbonyl (C=O) groups excluding carboxylic acids is 1. The maximum absolute atomic E-state index is 12.2. The van der Waals surface area contributed by atoms with Gasteiger partial charge in [0.05, 0.1) is 10.7 Å². The third-order valence-electron chi connectivity index (χ3n) is 3.47. The van der Waals surface area contributed by atoms with E-state index >= 15 is 0 Å². The number of nitrogens with zero attached hydrogens (tertiary/aromatic N) is 1. The van der Waals surface area contributed by atoms with Gasteiger partial charge in [-0.15, -0.1) is 11.3 Å². The zero-order valence-electron chi connectivity index (χ0n) is 13.5. The molecule has 4 nitrogen and oxygen atoms in total. The number of benzene rings is 2. The van der Waals surface area contributed by atoms with E-state index in [2.05, 4.69) is 15.6 Å². The van der Waals surface area contributed by atoms with E-state index in [1.165, 1.54) is 11.3 Å². The Hall–Kier alpha value is -1.99. The van der Waals surface area contributed by atoms with Crippen molar-refractivity contribution in [2.75, 3.05) is 5.32 Å². The van der Waals surface area contributed by atoms with Gasteiger partial charge in [-0.2, -0.15) is 0 Å². The van der Waals surface area contributed by atoms with Gasteiger partial charge in [0.1, 0.15) is 0 Å². The van der Waals surface area contributed by atoms with E-state index in [1.807, 2.05) is 24.4 Å². The summed E-state index contributed by atoms with van der Waals surface area (Å²) >= 11 is 18.7. The summed E-state index contributed by atoms with van der Waals surface area (Å²) in [5, 5.41) is 9.21. The molecule has 3 rings (SSSR count). The lowest BCUT2D eigenvalue weighted by molar-refractivity contribution is 0.0977. The van der Waals surface area contributed by atoms with E-state index in [1.54, 1.807) is 30.3 Å². The lowest BCUT2D eigenvalue weighted by Gasteiger charge is -2.07. The molecule has 0 aliphatic heterocycles. The van der Waals surface area contributed by atoms with Crippen molar-refractivity contribution in [1.82, 2.24) is 10.3 Å². The number of hydrogen-bond acceptors (Lipinski definition) is 4. The minimum Gasteiger partial charge on any atom is -0.308 e.